The molecule has 162 valence electrons. The first kappa shape index (κ1) is 23.4. The smallest absolute Gasteiger partial charge is 0.213 e. The number of carbonyl (C=O) groups excluding carboxylic acids is 1. The second-order valence-corrected chi connectivity index (χ2v) is 6.88. The molecule has 0 spiro atoms. The van der Waals surface area contributed by atoms with Gasteiger partial charge in [-0.15, -0.1) is 12.4 Å². The summed E-state index contributed by atoms with van der Waals surface area (Å²) in [5, 5.41) is 11.1. The quantitative estimate of drug-likeness (QED) is 0.280. The van der Waals surface area contributed by atoms with Crippen molar-refractivity contribution < 1.29 is 24.2 Å². The zero-order chi connectivity index (χ0) is 20.6. The van der Waals surface area contributed by atoms with Crippen molar-refractivity contribution in [2.45, 2.75) is 13.0 Å². The summed E-state index contributed by atoms with van der Waals surface area (Å²) in [7, 11) is 3.27. The molecule has 30 heavy (non-hydrogen) atoms. The van der Waals surface area contributed by atoms with Crippen LogP contribution in [0.4, 0.5) is 0 Å². The van der Waals surface area contributed by atoms with Gasteiger partial charge in [0.05, 0.1) is 20.8 Å². The van der Waals surface area contributed by atoms with Crippen LogP contribution in [0.25, 0.3) is 0 Å². The number of likely N-dealkylation sites (tertiary alicyclic amines) is 1. The lowest BCUT2D eigenvalue weighted by atomic mass is 10.1. The summed E-state index contributed by atoms with van der Waals surface area (Å²) in [6.07, 6.45) is 3.30. The van der Waals surface area contributed by atoms with Gasteiger partial charge in [-0.2, -0.15) is 0 Å². The Morgan fingerprint density at radius 1 is 1.27 bits per heavy atom. The molecule has 1 aliphatic rings. The van der Waals surface area contributed by atoms with E-state index >= 15 is 0 Å². The highest BCUT2D eigenvalue weighted by Crippen LogP contribution is 2.29. The van der Waals surface area contributed by atoms with Crippen LogP contribution in [0.3, 0.4) is 0 Å². The zero-order valence-electron chi connectivity index (χ0n) is 17.0. The van der Waals surface area contributed by atoms with E-state index in [9.17, 15) is 4.79 Å². The number of rotatable bonds is 9. The highest BCUT2D eigenvalue weighted by atomic mass is 35.5. The summed E-state index contributed by atoms with van der Waals surface area (Å²) < 4.78 is 16.4. The SMILES string of the molecule is COc1ccc(CN2CCC(COc3ccc(C(=O)/C=N/O)cn3)C2)cc1OC.Cl. The number of pyridine rings is 1. The normalized spacial score (nSPS) is 16.3. The summed E-state index contributed by atoms with van der Waals surface area (Å²) in [6.45, 7) is 3.36. The van der Waals surface area contributed by atoms with Crippen LogP contribution < -0.4 is 14.2 Å². The Labute approximate surface area is 181 Å². The Morgan fingerprint density at radius 2 is 2.07 bits per heavy atom. The number of ketones is 1. The number of hydrogen-bond acceptors (Lipinski definition) is 8. The largest absolute Gasteiger partial charge is 0.493 e. The molecule has 0 radical (unpaired) electrons. The fraction of sp³-hybridized carbons (Fsp3) is 0.381. The summed E-state index contributed by atoms with van der Waals surface area (Å²) in [5.41, 5.74) is 1.52. The zero-order valence-corrected chi connectivity index (χ0v) is 17.8. The molecule has 2 aromatic rings. The molecule has 0 bridgehead atoms. The Morgan fingerprint density at radius 3 is 2.73 bits per heavy atom. The summed E-state index contributed by atoms with van der Waals surface area (Å²) >= 11 is 0. The molecule has 0 saturated carbocycles. The fourth-order valence-electron chi connectivity index (χ4n) is 3.37. The topological polar surface area (TPSA) is 93.5 Å². The van der Waals surface area contributed by atoms with E-state index in [1.165, 1.54) is 11.8 Å². The third kappa shape index (κ3) is 6.08. The Hall–Kier alpha value is -2.84. The molecule has 1 atom stereocenters. The van der Waals surface area contributed by atoms with Crippen molar-refractivity contribution in [3.8, 4) is 17.4 Å². The molecule has 1 aromatic heterocycles. The standard InChI is InChI=1S/C21H25N3O5.ClH/c1-27-19-5-3-15(9-20(19)28-2)12-24-8-7-16(13-24)14-29-21-6-4-17(10-22-21)18(25)11-23-26;/h3-6,9-11,16,26H,7-8,12-14H2,1-2H3;1H/b23-11+;. The molecule has 1 unspecified atom stereocenters. The van der Waals surface area contributed by atoms with E-state index in [1.54, 1.807) is 26.4 Å². The second kappa shape index (κ2) is 11.4. The third-order valence-electron chi connectivity index (χ3n) is 4.89. The molecule has 0 amide bonds. The van der Waals surface area contributed by atoms with Gasteiger partial charge >= 0.3 is 0 Å². The number of methoxy groups -OCH3 is 2. The van der Waals surface area contributed by atoms with Crippen LogP contribution in [0.1, 0.15) is 22.3 Å². The molecule has 1 fully saturated rings. The molecule has 2 heterocycles. The lowest BCUT2D eigenvalue weighted by molar-refractivity contribution is 0.106. The summed E-state index contributed by atoms with van der Waals surface area (Å²) in [4.78, 5) is 18.1. The minimum Gasteiger partial charge on any atom is -0.493 e. The van der Waals surface area contributed by atoms with Gasteiger partial charge in [0, 0.05) is 36.8 Å². The van der Waals surface area contributed by atoms with Crippen molar-refractivity contribution in [3.63, 3.8) is 0 Å². The Kier molecular flexibility index (Phi) is 8.89. The van der Waals surface area contributed by atoms with E-state index in [0.717, 1.165) is 43.8 Å². The molecule has 9 heteroatoms. The number of halogens is 1. The van der Waals surface area contributed by atoms with Crippen molar-refractivity contribution in [1.82, 2.24) is 9.88 Å². The number of Topliss-reactive ketones (excluding diaryl/α,β-unsaturated/α-hetero) is 1. The van der Waals surface area contributed by atoms with Gasteiger partial charge in [-0.3, -0.25) is 9.69 Å². The van der Waals surface area contributed by atoms with E-state index in [1.807, 2.05) is 12.1 Å². The molecule has 1 aromatic carbocycles. The van der Waals surface area contributed by atoms with Gasteiger partial charge in [-0.25, -0.2) is 4.98 Å². The average molecular weight is 436 g/mol. The van der Waals surface area contributed by atoms with Crippen LogP contribution in [0.15, 0.2) is 41.7 Å². The minimum atomic E-state index is -0.409. The number of ether oxygens (including phenoxy) is 3. The molecule has 1 aliphatic heterocycles. The van der Waals surface area contributed by atoms with E-state index in [4.69, 9.17) is 19.4 Å². The maximum Gasteiger partial charge on any atom is 0.213 e. The van der Waals surface area contributed by atoms with Crippen LogP contribution in [0, 0.1) is 5.92 Å². The van der Waals surface area contributed by atoms with Crippen molar-refractivity contribution >= 4 is 24.4 Å². The summed E-state index contributed by atoms with van der Waals surface area (Å²) in [6, 6.07) is 9.24. The van der Waals surface area contributed by atoms with Gasteiger partial charge in [-0.1, -0.05) is 11.2 Å². The van der Waals surface area contributed by atoms with Gasteiger partial charge in [0.15, 0.2) is 11.5 Å². The van der Waals surface area contributed by atoms with Crippen LogP contribution in [-0.2, 0) is 6.54 Å². The average Bonchev–Trinajstić information content (AvgIpc) is 3.20. The Bertz CT molecular complexity index is 860. The lowest BCUT2D eigenvalue weighted by Gasteiger charge is -2.17. The number of benzene rings is 1. The van der Waals surface area contributed by atoms with E-state index in [-0.39, 0.29) is 12.4 Å². The van der Waals surface area contributed by atoms with Gasteiger partial charge in [0.1, 0.15) is 6.21 Å². The van der Waals surface area contributed by atoms with E-state index in [2.05, 4.69) is 21.1 Å². The minimum absolute atomic E-state index is 0. The monoisotopic (exact) mass is 435 g/mol. The third-order valence-corrected chi connectivity index (χ3v) is 4.89. The van der Waals surface area contributed by atoms with Gasteiger partial charge in [-0.05, 0) is 36.7 Å². The van der Waals surface area contributed by atoms with Crippen molar-refractivity contribution in [1.29, 1.82) is 0 Å². The maximum absolute atomic E-state index is 11.6. The fourth-order valence-corrected chi connectivity index (χ4v) is 3.37. The number of aromatic nitrogens is 1. The number of oxime groups is 1. The van der Waals surface area contributed by atoms with Crippen molar-refractivity contribution in [3.05, 3.63) is 47.7 Å². The Balaban J connectivity index is 0.00000320. The van der Waals surface area contributed by atoms with Gasteiger partial charge in [0.25, 0.3) is 0 Å². The first-order chi connectivity index (χ1) is 14.1. The van der Waals surface area contributed by atoms with Crippen LogP contribution in [0.2, 0.25) is 0 Å². The highest BCUT2D eigenvalue weighted by molar-refractivity contribution is 6.35. The first-order valence-corrected chi connectivity index (χ1v) is 9.36. The second-order valence-electron chi connectivity index (χ2n) is 6.88. The molecule has 0 aliphatic carbocycles. The van der Waals surface area contributed by atoms with E-state index < -0.39 is 5.78 Å². The number of carbonyl (C=O) groups is 1. The molecular formula is C21H26ClN3O5. The molecule has 8 nitrogen and oxygen atoms in total. The van der Waals surface area contributed by atoms with Crippen molar-refractivity contribution in [2.75, 3.05) is 33.9 Å². The number of nitrogens with zero attached hydrogens (tertiary/aromatic N) is 3. The predicted octanol–water partition coefficient (Wildman–Crippen LogP) is 3.06. The number of hydrogen-bond donors (Lipinski definition) is 1. The summed E-state index contributed by atoms with van der Waals surface area (Å²) in [5.74, 6) is 1.95. The first-order valence-electron chi connectivity index (χ1n) is 9.36. The molecule has 1 saturated heterocycles. The lowest BCUT2D eigenvalue weighted by Crippen LogP contribution is -2.22. The van der Waals surface area contributed by atoms with Crippen LogP contribution in [-0.4, -0.2) is 61.0 Å². The van der Waals surface area contributed by atoms with Gasteiger partial charge in [0.2, 0.25) is 11.7 Å². The predicted molar refractivity (Wildman–Crippen MR) is 115 cm³/mol. The highest BCUT2D eigenvalue weighted by Gasteiger charge is 2.23. The molecular weight excluding hydrogens is 410 g/mol. The van der Waals surface area contributed by atoms with Crippen LogP contribution in [0.5, 0.6) is 17.4 Å². The van der Waals surface area contributed by atoms with Crippen molar-refractivity contribution in [2.24, 2.45) is 11.1 Å². The van der Waals surface area contributed by atoms with Gasteiger partial charge < -0.3 is 19.4 Å². The molecule has 1 N–H and O–H groups in total. The van der Waals surface area contributed by atoms with E-state index in [0.29, 0.717) is 24.0 Å². The maximum atomic E-state index is 11.6. The molecule has 3 rings (SSSR count). The van der Waals surface area contributed by atoms with Crippen LogP contribution >= 0.6 is 12.4 Å².